The number of carbonyl (C=O) groups is 2. The molecular weight excluding hydrogens is 407 g/mol. The Hall–Kier alpha value is -2.84. The molecule has 0 aromatic heterocycles. The molecule has 0 atom stereocenters. The Morgan fingerprint density at radius 1 is 0.964 bits per heavy atom. The molecular formula is C18H16Cl2N4O4. The van der Waals surface area contributed by atoms with Crippen molar-refractivity contribution >= 4 is 46.5 Å². The summed E-state index contributed by atoms with van der Waals surface area (Å²) in [5, 5.41) is 14.4. The number of nitrogens with one attached hydrogen (secondary N) is 1. The smallest absolute Gasteiger partial charge is 0.322 e. The molecule has 28 heavy (non-hydrogen) atoms. The Balaban J connectivity index is 1.61. The van der Waals surface area contributed by atoms with Gasteiger partial charge in [0.1, 0.15) is 5.69 Å². The summed E-state index contributed by atoms with van der Waals surface area (Å²) in [4.78, 5) is 38.7. The van der Waals surface area contributed by atoms with Gasteiger partial charge in [-0.15, -0.1) is 0 Å². The number of amides is 3. The highest BCUT2D eigenvalue weighted by molar-refractivity contribution is 6.35. The second-order valence-corrected chi connectivity index (χ2v) is 7.01. The van der Waals surface area contributed by atoms with Crippen molar-refractivity contribution in [2.45, 2.75) is 0 Å². The zero-order chi connectivity index (χ0) is 20.3. The van der Waals surface area contributed by atoms with Gasteiger partial charge in [0.25, 0.3) is 11.6 Å². The van der Waals surface area contributed by atoms with Gasteiger partial charge in [0.05, 0.1) is 4.92 Å². The van der Waals surface area contributed by atoms with E-state index in [0.717, 1.165) is 0 Å². The van der Waals surface area contributed by atoms with Crippen LogP contribution in [0.3, 0.4) is 0 Å². The zero-order valence-electron chi connectivity index (χ0n) is 14.6. The van der Waals surface area contributed by atoms with Crippen LogP contribution in [0.25, 0.3) is 0 Å². The van der Waals surface area contributed by atoms with E-state index in [1.165, 1.54) is 23.1 Å². The van der Waals surface area contributed by atoms with Crippen molar-refractivity contribution in [3.63, 3.8) is 0 Å². The summed E-state index contributed by atoms with van der Waals surface area (Å²) >= 11 is 11.9. The molecule has 0 saturated carbocycles. The first kappa shape index (κ1) is 19.9. The van der Waals surface area contributed by atoms with E-state index in [2.05, 4.69) is 5.32 Å². The number of nitro groups is 1. The fraction of sp³-hybridized carbons (Fsp3) is 0.222. The Morgan fingerprint density at radius 2 is 1.54 bits per heavy atom. The Labute approximate surface area is 170 Å². The van der Waals surface area contributed by atoms with Gasteiger partial charge in [-0.1, -0.05) is 35.3 Å². The molecule has 0 bridgehead atoms. The lowest BCUT2D eigenvalue weighted by Crippen LogP contribution is -2.51. The maximum absolute atomic E-state index is 12.6. The first-order chi connectivity index (χ1) is 13.3. The Bertz CT molecular complexity index is 909. The molecule has 1 N–H and O–H groups in total. The fourth-order valence-electron chi connectivity index (χ4n) is 2.91. The van der Waals surface area contributed by atoms with Gasteiger partial charge in [-0.05, 0) is 24.3 Å². The largest absolute Gasteiger partial charge is 0.335 e. The monoisotopic (exact) mass is 422 g/mol. The molecule has 10 heteroatoms. The van der Waals surface area contributed by atoms with Crippen LogP contribution in [0.1, 0.15) is 10.4 Å². The topological polar surface area (TPSA) is 95.8 Å². The van der Waals surface area contributed by atoms with Crippen molar-refractivity contribution < 1.29 is 14.5 Å². The molecule has 0 spiro atoms. The van der Waals surface area contributed by atoms with Crippen LogP contribution in [0.15, 0.2) is 42.5 Å². The van der Waals surface area contributed by atoms with Crippen LogP contribution in [-0.2, 0) is 0 Å². The van der Waals surface area contributed by atoms with E-state index < -0.39 is 11.0 Å². The lowest BCUT2D eigenvalue weighted by atomic mass is 10.2. The molecule has 146 valence electrons. The average molecular weight is 423 g/mol. The summed E-state index contributed by atoms with van der Waals surface area (Å²) < 4.78 is 0. The van der Waals surface area contributed by atoms with Crippen LogP contribution in [0, 0.1) is 10.1 Å². The fourth-order valence-corrected chi connectivity index (χ4v) is 3.43. The van der Waals surface area contributed by atoms with Gasteiger partial charge in [-0.25, -0.2) is 4.79 Å². The summed E-state index contributed by atoms with van der Waals surface area (Å²) in [6.07, 6.45) is 0. The molecule has 0 aliphatic carbocycles. The van der Waals surface area contributed by atoms with E-state index in [1.807, 2.05) is 0 Å². The van der Waals surface area contributed by atoms with Gasteiger partial charge >= 0.3 is 6.03 Å². The highest BCUT2D eigenvalue weighted by Crippen LogP contribution is 2.24. The molecule has 1 fully saturated rings. The molecule has 3 rings (SSSR count). The predicted molar refractivity (Wildman–Crippen MR) is 106 cm³/mol. The molecule has 1 aliphatic heterocycles. The van der Waals surface area contributed by atoms with Gasteiger partial charge in [0.2, 0.25) is 0 Å². The predicted octanol–water partition coefficient (Wildman–Crippen LogP) is 3.89. The van der Waals surface area contributed by atoms with E-state index >= 15 is 0 Å². The number of benzene rings is 2. The highest BCUT2D eigenvalue weighted by atomic mass is 35.5. The minimum absolute atomic E-state index is 0.129. The first-order valence-electron chi connectivity index (χ1n) is 8.40. The number of hydrogen-bond donors (Lipinski definition) is 1. The summed E-state index contributed by atoms with van der Waals surface area (Å²) in [6, 6.07) is 10.1. The van der Waals surface area contributed by atoms with E-state index in [9.17, 15) is 19.7 Å². The van der Waals surface area contributed by atoms with Crippen LogP contribution in [0.4, 0.5) is 16.2 Å². The number of hydrogen-bond acceptors (Lipinski definition) is 4. The summed E-state index contributed by atoms with van der Waals surface area (Å²) in [7, 11) is 0. The quantitative estimate of drug-likeness (QED) is 0.599. The summed E-state index contributed by atoms with van der Waals surface area (Å²) in [6.45, 7) is 1.25. The normalized spacial score (nSPS) is 13.9. The number of anilines is 1. The maximum Gasteiger partial charge on any atom is 0.322 e. The minimum Gasteiger partial charge on any atom is -0.335 e. The number of nitro benzene ring substituents is 1. The lowest BCUT2D eigenvalue weighted by Gasteiger charge is -2.34. The molecule has 2 aromatic rings. The SMILES string of the molecule is O=C(Nc1ccccc1[N+](=O)[O-])N1CCN(C(=O)c2cc(Cl)cc(Cl)c2)CC1. The number of rotatable bonds is 3. The zero-order valence-corrected chi connectivity index (χ0v) is 16.1. The van der Waals surface area contributed by atoms with Crippen molar-refractivity contribution in [1.82, 2.24) is 9.80 Å². The van der Waals surface area contributed by atoms with Gasteiger partial charge in [-0.2, -0.15) is 0 Å². The molecule has 0 unspecified atom stereocenters. The number of piperazine rings is 1. The molecule has 1 saturated heterocycles. The standard InChI is InChI=1S/C18H16Cl2N4O4/c19-13-9-12(10-14(20)11-13)17(25)22-5-7-23(8-6-22)18(26)21-15-3-1-2-4-16(15)24(27)28/h1-4,9-11H,5-8H2,(H,21,26). The average Bonchev–Trinajstić information content (AvgIpc) is 2.67. The molecule has 2 aromatic carbocycles. The van der Waals surface area contributed by atoms with E-state index in [0.29, 0.717) is 41.8 Å². The summed E-state index contributed by atoms with van der Waals surface area (Å²) in [5.41, 5.74) is 0.336. The lowest BCUT2D eigenvalue weighted by molar-refractivity contribution is -0.383. The second-order valence-electron chi connectivity index (χ2n) is 6.14. The van der Waals surface area contributed by atoms with E-state index in [4.69, 9.17) is 23.2 Å². The number of nitrogens with zero attached hydrogens (tertiary/aromatic N) is 3. The molecule has 8 nitrogen and oxygen atoms in total. The molecule has 1 heterocycles. The Morgan fingerprint density at radius 3 is 2.14 bits per heavy atom. The van der Waals surface area contributed by atoms with Gasteiger partial charge < -0.3 is 15.1 Å². The van der Waals surface area contributed by atoms with Crippen molar-refractivity contribution in [3.8, 4) is 0 Å². The molecule has 3 amide bonds. The van der Waals surface area contributed by atoms with Crippen LogP contribution < -0.4 is 5.32 Å². The third-order valence-corrected chi connectivity index (χ3v) is 4.74. The van der Waals surface area contributed by atoms with E-state index in [-0.39, 0.29) is 17.3 Å². The van der Waals surface area contributed by atoms with Crippen molar-refractivity contribution in [3.05, 3.63) is 68.2 Å². The molecule has 0 radical (unpaired) electrons. The number of halogens is 2. The number of urea groups is 1. The van der Waals surface area contributed by atoms with Crippen LogP contribution in [-0.4, -0.2) is 52.8 Å². The third-order valence-electron chi connectivity index (χ3n) is 4.31. The third kappa shape index (κ3) is 4.52. The van der Waals surface area contributed by atoms with Crippen LogP contribution in [0.2, 0.25) is 10.0 Å². The van der Waals surface area contributed by atoms with Crippen molar-refractivity contribution in [2.24, 2.45) is 0 Å². The van der Waals surface area contributed by atoms with Gasteiger partial charge in [0.15, 0.2) is 0 Å². The number of para-hydroxylation sites is 2. The first-order valence-corrected chi connectivity index (χ1v) is 9.15. The minimum atomic E-state index is -0.553. The maximum atomic E-state index is 12.6. The van der Waals surface area contributed by atoms with Crippen LogP contribution in [0.5, 0.6) is 0 Å². The summed E-state index contributed by atoms with van der Waals surface area (Å²) in [5.74, 6) is -0.219. The van der Waals surface area contributed by atoms with Gasteiger partial charge in [-0.3, -0.25) is 14.9 Å². The van der Waals surface area contributed by atoms with Gasteiger partial charge in [0, 0.05) is 47.9 Å². The molecule has 1 aliphatic rings. The second kappa shape index (κ2) is 8.45. The van der Waals surface area contributed by atoms with Crippen molar-refractivity contribution in [2.75, 3.05) is 31.5 Å². The van der Waals surface area contributed by atoms with Crippen LogP contribution >= 0.6 is 23.2 Å². The van der Waals surface area contributed by atoms with Crippen molar-refractivity contribution in [1.29, 1.82) is 0 Å². The highest BCUT2D eigenvalue weighted by Gasteiger charge is 2.26. The number of carbonyl (C=O) groups excluding carboxylic acids is 2. The Kier molecular flexibility index (Phi) is 6.01. The van der Waals surface area contributed by atoms with E-state index in [1.54, 1.807) is 29.2 Å².